The second-order valence-electron chi connectivity index (χ2n) is 11.4. The summed E-state index contributed by atoms with van der Waals surface area (Å²) in [6.45, 7) is 7.65. The lowest BCUT2D eigenvalue weighted by Gasteiger charge is -2.50. The minimum Gasteiger partial charge on any atom is -0.390 e. The van der Waals surface area contributed by atoms with Crippen molar-refractivity contribution in [2.24, 2.45) is 16.7 Å². The first-order valence-corrected chi connectivity index (χ1v) is 12.0. The number of benzene rings is 1. The largest absolute Gasteiger partial charge is 0.390 e. The molecule has 0 saturated heterocycles. The molecule has 0 heterocycles. The van der Waals surface area contributed by atoms with Crippen LogP contribution in [-0.2, 0) is 4.79 Å². The number of amides is 2. The third kappa shape index (κ3) is 5.93. The second kappa shape index (κ2) is 9.71. The van der Waals surface area contributed by atoms with Gasteiger partial charge in [-0.05, 0) is 88.1 Å². The Kier molecular flexibility index (Phi) is 7.54. The van der Waals surface area contributed by atoms with Gasteiger partial charge in [-0.1, -0.05) is 19.9 Å². The van der Waals surface area contributed by atoms with Crippen LogP contribution in [0.4, 0.5) is 4.39 Å². The Morgan fingerprint density at radius 3 is 2.58 bits per heavy atom. The highest BCUT2D eigenvalue weighted by Gasteiger charge is 2.61. The van der Waals surface area contributed by atoms with Crippen molar-refractivity contribution in [3.05, 3.63) is 35.6 Å². The second-order valence-corrected chi connectivity index (χ2v) is 11.4. The number of hydrogen-bond donors (Lipinski definition) is 3. The summed E-state index contributed by atoms with van der Waals surface area (Å²) < 4.78 is 13.7. The average molecular weight is 462 g/mol. The Bertz CT molecular complexity index is 870. The zero-order chi connectivity index (χ0) is 24.4. The quantitative estimate of drug-likeness (QED) is 0.555. The number of nitrogens with zero attached hydrogens (tertiary/aromatic N) is 1. The van der Waals surface area contributed by atoms with Gasteiger partial charge in [0, 0.05) is 31.1 Å². The molecule has 184 valence electrons. The van der Waals surface area contributed by atoms with Crippen LogP contribution in [0.25, 0.3) is 0 Å². The summed E-state index contributed by atoms with van der Waals surface area (Å²) in [4.78, 5) is 27.7. The van der Waals surface area contributed by atoms with Gasteiger partial charge in [-0.2, -0.15) is 0 Å². The van der Waals surface area contributed by atoms with Crippen molar-refractivity contribution >= 4 is 11.8 Å². The molecule has 3 N–H and O–H groups in total. The van der Waals surface area contributed by atoms with Gasteiger partial charge in [-0.15, -0.1) is 0 Å². The number of likely N-dealkylation sites (N-methyl/N-ethyl adjacent to an activating group) is 1. The van der Waals surface area contributed by atoms with E-state index in [9.17, 15) is 19.1 Å². The first-order valence-electron chi connectivity index (χ1n) is 12.0. The van der Waals surface area contributed by atoms with Crippen molar-refractivity contribution in [1.29, 1.82) is 0 Å². The van der Waals surface area contributed by atoms with E-state index >= 15 is 0 Å². The predicted molar refractivity (Wildman–Crippen MR) is 127 cm³/mol. The fourth-order valence-corrected chi connectivity index (χ4v) is 6.16. The summed E-state index contributed by atoms with van der Waals surface area (Å²) in [5.41, 5.74) is -0.837. The smallest absolute Gasteiger partial charge is 0.251 e. The molecular formula is C26H40FN3O3. The van der Waals surface area contributed by atoms with E-state index in [0.29, 0.717) is 37.8 Å². The summed E-state index contributed by atoms with van der Waals surface area (Å²) in [5.74, 6) is -0.545. The predicted octanol–water partition coefficient (Wildman–Crippen LogP) is 3.35. The zero-order valence-corrected chi connectivity index (χ0v) is 20.7. The summed E-state index contributed by atoms with van der Waals surface area (Å²) >= 11 is 0. The molecular weight excluding hydrogens is 421 g/mol. The van der Waals surface area contributed by atoms with Crippen molar-refractivity contribution in [2.75, 3.05) is 27.2 Å². The fraction of sp³-hybridized carbons (Fsp3) is 0.692. The van der Waals surface area contributed by atoms with Crippen LogP contribution in [-0.4, -0.2) is 60.6 Å². The van der Waals surface area contributed by atoms with Crippen LogP contribution in [0.5, 0.6) is 0 Å². The van der Waals surface area contributed by atoms with E-state index in [2.05, 4.69) is 24.5 Å². The summed E-state index contributed by atoms with van der Waals surface area (Å²) in [6.07, 6.45) is 3.82. The maximum absolute atomic E-state index is 13.7. The lowest BCUT2D eigenvalue weighted by atomic mass is 9.57. The van der Waals surface area contributed by atoms with Crippen LogP contribution >= 0.6 is 0 Å². The van der Waals surface area contributed by atoms with E-state index in [-0.39, 0.29) is 34.6 Å². The third-order valence-electron chi connectivity index (χ3n) is 7.93. The van der Waals surface area contributed by atoms with Gasteiger partial charge in [0.05, 0.1) is 5.60 Å². The maximum atomic E-state index is 13.7. The van der Waals surface area contributed by atoms with Crippen molar-refractivity contribution in [3.63, 3.8) is 0 Å². The number of rotatable bonds is 8. The Morgan fingerprint density at radius 1 is 1.18 bits per heavy atom. The fourth-order valence-electron chi connectivity index (χ4n) is 6.16. The van der Waals surface area contributed by atoms with Crippen LogP contribution in [0.3, 0.4) is 0 Å². The van der Waals surface area contributed by atoms with Crippen LogP contribution in [0, 0.1) is 22.6 Å². The Labute approximate surface area is 197 Å². The number of fused-ring (bicyclic) bond motifs is 1. The number of carbonyl (C=O) groups is 2. The van der Waals surface area contributed by atoms with E-state index < -0.39 is 11.4 Å². The molecule has 0 aromatic heterocycles. The molecule has 1 aromatic carbocycles. The summed E-state index contributed by atoms with van der Waals surface area (Å²) in [6, 6.07) is 5.59. The number of halogens is 1. The highest BCUT2D eigenvalue weighted by Crippen LogP contribution is 2.63. The number of aliphatic hydroxyl groups is 1. The molecule has 2 aliphatic carbocycles. The summed E-state index contributed by atoms with van der Waals surface area (Å²) in [7, 11) is 3.94. The SMILES string of the molecule is CN(C)CCNC(=O)CC[C@@]12CC[C@@](C)(O)C[C@H]1C(C)(C)C[C@@H]2NC(=O)c1cccc(F)c1. The van der Waals surface area contributed by atoms with Gasteiger partial charge in [0.25, 0.3) is 5.91 Å². The van der Waals surface area contributed by atoms with Crippen LogP contribution < -0.4 is 10.6 Å². The molecule has 2 fully saturated rings. The number of hydrogen-bond acceptors (Lipinski definition) is 4. The topological polar surface area (TPSA) is 81.7 Å². The van der Waals surface area contributed by atoms with Crippen molar-refractivity contribution < 1.29 is 19.1 Å². The molecule has 2 amide bonds. The molecule has 2 saturated carbocycles. The van der Waals surface area contributed by atoms with Crippen molar-refractivity contribution in [1.82, 2.24) is 15.5 Å². The molecule has 1 aromatic rings. The molecule has 7 heteroatoms. The van der Waals surface area contributed by atoms with Gasteiger partial charge in [-0.25, -0.2) is 4.39 Å². The van der Waals surface area contributed by atoms with E-state index in [1.165, 1.54) is 18.2 Å². The molecule has 0 spiro atoms. The van der Waals surface area contributed by atoms with Crippen LogP contribution in [0.1, 0.15) is 69.7 Å². The lowest BCUT2D eigenvalue weighted by molar-refractivity contribution is -0.123. The van der Waals surface area contributed by atoms with Crippen LogP contribution in [0.15, 0.2) is 24.3 Å². The molecule has 0 aliphatic heterocycles. The average Bonchev–Trinajstić information content (AvgIpc) is 2.92. The number of carbonyl (C=O) groups excluding carboxylic acids is 2. The molecule has 0 radical (unpaired) electrons. The number of nitrogens with one attached hydrogen (secondary N) is 2. The standard InChI is InChI=1S/C26H40FN3O3/c1-24(2)17-21(29-23(32)18-7-6-8-19(27)15-18)26(12-11-25(3,33)16-20(24)26)10-9-22(31)28-13-14-30(4)5/h6-8,15,20-21,33H,9-14,16-17H2,1-5H3,(H,28,31)(H,29,32)/t20-,21-,25+,26+/m0/s1. The Morgan fingerprint density at radius 2 is 1.91 bits per heavy atom. The molecule has 0 bridgehead atoms. The van der Waals surface area contributed by atoms with E-state index in [1.54, 1.807) is 6.07 Å². The first-order chi connectivity index (χ1) is 15.3. The monoisotopic (exact) mass is 461 g/mol. The third-order valence-corrected chi connectivity index (χ3v) is 7.93. The van der Waals surface area contributed by atoms with E-state index in [4.69, 9.17) is 0 Å². The molecule has 4 atom stereocenters. The molecule has 0 unspecified atom stereocenters. The van der Waals surface area contributed by atoms with Gasteiger partial charge in [0.15, 0.2) is 0 Å². The molecule has 2 aliphatic rings. The van der Waals surface area contributed by atoms with Gasteiger partial charge in [-0.3, -0.25) is 9.59 Å². The minimum absolute atomic E-state index is 0.0159. The first kappa shape index (κ1) is 25.6. The highest BCUT2D eigenvalue weighted by molar-refractivity contribution is 5.94. The van der Waals surface area contributed by atoms with Crippen LogP contribution in [0.2, 0.25) is 0 Å². The van der Waals surface area contributed by atoms with Gasteiger partial charge in [0.2, 0.25) is 5.91 Å². The van der Waals surface area contributed by atoms with Gasteiger partial charge in [0.1, 0.15) is 5.82 Å². The van der Waals surface area contributed by atoms with E-state index in [0.717, 1.165) is 19.4 Å². The lowest BCUT2D eigenvalue weighted by Crippen LogP contribution is -2.52. The van der Waals surface area contributed by atoms with E-state index in [1.807, 2.05) is 25.9 Å². The normalized spacial score (nSPS) is 30.7. The summed E-state index contributed by atoms with van der Waals surface area (Å²) in [5, 5.41) is 17.1. The molecule has 33 heavy (non-hydrogen) atoms. The van der Waals surface area contributed by atoms with Crippen molar-refractivity contribution in [2.45, 2.75) is 70.9 Å². The zero-order valence-electron chi connectivity index (χ0n) is 20.7. The van der Waals surface area contributed by atoms with Gasteiger partial charge < -0.3 is 20.6 Å². The Hall–Kier alpha value is -1.99. The highest BCUT2D eigenvalue weighted by atomic mass is 19.1. The minimum atomic E-state index is -0.749. The molecule has 3 rings (SSSR count). The van der Waals surface area contributed by atoms with Crippen molar-refractivity contribution in [3.8, 4) is 0 Å². The maximum Gasteiger partial charge on any atom is 0.251 e. The molecule has 6 nitrogen and oxygen atoms in total. The Balaban J connectivity index is 1.81. The van der Waals surface area contributed by atoms with Gasteiger partial charge >= 0.3 is 0 Å².